The molecule has 4 rings (SSSR count). The Kier molecular flexibility index (Phi) is 5.03. The molecule has 0 radical (unpaired) electrons. The van der Waals surface area contributed by atoms with E-state index in [1.807, 2.05) is 0 Å². The summed E-state index contributed by atoms with van der Waals surface area (Å²) in [5.41, 5.74) is 0. The molecule has 138 valence electrons. The van der Waals surface area contributed by atoms with Crippen LogP contribution in [-0.2, 0) is 23.1 Å². The molecule has 0 spiro atoms. The number of hydrogen-bond acceptors (Lipinski definition) is 5. The molecule has 25 heavy (non-hydrogen) atoms. The molecule has 3 heterocycles. The van der Waals surface area contributed by atoms with Gasteiger partial charge in [0, 0.05) is 45.1 Å². The molecule has 0 N–H and O–H groups in total. The highest BCUT2D eigenvalue weighted by molar-refractivity contribution is 5.79. The second-order valence-electron chi connectivity index (χ2n) is 7.65. The molecule has 0 atom stereocenters. The van der Waals surface area contributed by atoms with Crippen molar-refractivity contribution in [3.05, 3.63) is 11.6 Å². The van der Waals surface area contributed by atoms with Crippen molar-refractivity contribution >= 4 is 5.91 Å². The minimum atomic E-state index is 0.312. The van der Waals surface area contributed by atoms with E-state index in [1.54, 1.807) is 0 Å². The van der Waals surface area contributed by atoms with Crippen LogP contribution in [-0.4, -0.2) is 69.9 Å². The second-order valence-corrected chi connectivity index (χ2v) is 7.65. The van der Waals surface area contributed by atoms with E-state index < -0.39 is 0 Å². The number of ether oxygens (including phenoxy) is 1. The van der Waals surface area contributed by atoms with E-state index in [-0.39, 0.29) is 0 Å². The van der Waals surface area contributed by atoms with Crippen LogP contribution in [0.5, 0.6) is 0 Å². The minimum Gasteiger partial charge on any atom is -0.379 e. The van der Waals surface area contributed by atoms with E-state index in [0.717, 1.165) is 83.3 Å². The number of piperidine rings is 1. The highest BCUT2D eigenvalue weighted by Gasteiger charge is 2.33. The summed E-state index contributed by atoms with van der Waals surface area (Å²) >= 11 is 0. The second kappa shape index (κ2) is 7.41. The van der Waals surface area contributed by atoms with E-state index >= 15 is 0 Å². The lowest BCUT2D eigenvalue weighted by Gasteiger charge is -2.36. The van der Waals surface area contributed by atoms with Crippen LogP contribution in [0.1, 0.15) is 49.7 Å². The summed E-state index contributed by atoms with van der Waals surface area (Å²) in [5, 5.41) is 8.93. The molecule has 0 aromatic carbocycles. The molecule has 1 saturated carbocycles. The number of nitrogens with zero attached hydrogens (tertiary/aromatic N) is 5. The molecule has 0 unspecified atom stereocenters. The zero-order chi connectivity index (χ0) is 17.2. The fourth-order valence-corrected chi connectivity index (χ4v) is 4.10. The van der Waals surface area contributed by atoms with Gasteiger partial charge in [0.2, 0.25) is 5.91 Å². The fraction of sp³-hybridized carbons (Fsp3) is 0.833. The van der Waals surface area contributed by atoms with Crippen LogP contribution in [0.2, 0.25) is 0 Å². The number of morpholine rings is 1. The highest BCUT2D eigenvalue weighted by atomic mass is 16.5. The van der Waals surface area contributed by atoms with Crippen LogP contribution in [0, 0.1) is 5.92 Å². The zero-order valence-corrected chi connectivity index (χ0v) is 15.2. The Morgan fingerprint density at radius 3 is 2.44 bits per heavy atom. The summed E-state index contributed by atoms with van der Waals surface area (Å²) in [7, 11) is 2.08. The standard InChI is InChI=1S/C18H29N5O2/c1-21-16(13-22-9-11-25-12-10-22)19-20-17(21)14-5-7-23(8-6-14)18(24)15-3-2-4-15/h14-15H,2-13H2,1H3. The lowest BCUT2D eigenvalue weighted by atomic mass is 9.83. The Morgan fingerprint density at radius 1 is 1.08 bits per heavy atom. The molecule has 2 saturated heterocycles. The van der Waals surface area contributed by atoms with Crippen LogP contribution in [0.15, 0.2) is 0 Å². The molecule has 2 aliphatic heterocycles. The number of aromatic nitrogens is 3. The lowest BCUT2D eigenvalue weighted by Crippen LogP contribution is -2.43. The van der Waals surface area contributed by atoms with Crippen molar-refractivity contribution in [1.82, 2.24) is 24.6 Å². The molecule has 0 bridgehead atoms. The molecule has 1 aromatic heterocycles. The third-order valence-corrected chi connectivity index (χ3v) is 6.09. The minimum absolute atomic E-state index is 0.312. The van der Waals surface area contributed by atoms with Gasteiger partial charge in [-0.15, -0.1) is 10.2 Å². The van der Waals surface area contributed by atoms with Crippen molar-refractivity contribution in [3.8, 4) is 0 Å². The lowest BCUT2D eigenvalue weighted by molar-refractivity contribution is -0.139. The summed E-state index contributed by atoms with van der Waals surface area (Å²) < 4.78 is 7.58. The maximum absolute atomic E-state index is 12.4. The number of amides is 1. The predicted molar refractivity (Wildman–Crippen MR) is 93.0 cm³/mol. The number of hydrogen-bond donors (Lipinski definition) is 0. The quantitative estimate of drug-likeness (QED) is 0.818. The van der Waals surface area contributed by atoms with Crippen LogP contribution < -0.4 is 0 Å². The van der Waals surface area contributed by atoms with Crippen molar-refractivity contribution in [2.24, 2.45) is 13.0 Å². The Morgan fingerprint density at radius 2 is 1.80 bits per heavy atom. The summed E-state index contributed by atoms with van der Waals surface area (Å²) in [6, 6.07) is 0. The third-order valence-electron chi connectivity index (χ3n) is 6.09. The number of likely N-dealkylation sites (tertiary alicyclic amines) is 1. The zero-order valence-electron chi connectivity index (χ0n) is 15.2. The molecule has 7 nitrogen and oxygen atoms in total. The Labute approximate surface area is 149 Å². The predicted octanol–water partition coefficient (Wildman–Crippen LogP) is 1.15. The Balaban J connectivity index is 1.34. The maximum Gasteiger partial charge on any atom is 0.225 e. The highest BCUT2D eigenvalue weighted by Crippen LogP contribution is 2.32. The first kappa shape index (κ1) is 17.0. The van der Waals surface area contributed by atoms with Crippen molar-refractivity contribution in [2.75, 3.05) is 39.4 Å². The van der Waals surface area contributed by atoms with Crippen molar-refractivity contribution in [1.29, 1.82) is 0 Å². The molecular weight excluding hydrogens is 318 g/mol. The van der Waals surface area contributed by atoms with Gasteiger partial charge in [-0.2, -0.15) is 0 Å². The first-order valence-electron chi connectivity index (χ1n) is 9.69. The first-order valence-corrected chi connectivity index (χ1v) is 9.69. The molecule has 1 amide bonds. The summed E-state index contributed by atoms with van der Waals surface area (Å²) in [6.45, 7) is 6.10. The van der Waals surface area contributed by atoms with E-state index in [1.165, 1.54) is 6.42 Å². The van der Waals surface area contributed by atoms with Gasteiger partial charge >= 0.3 is 0 Å². The molecule has 3 fully saturated rings. The topological polar surface area (TPSA) is 63.5 Å². The molecule has 1 aromatic rings. The van der Waals surface area contributed by atoms with Crippen molar-refractivity contribution in [2.45, 2.75) is 44.6 Å². The first-order chi connectivity index (χ1) is 12.2. The maximum atomic E-state index is 12.4. The number of carbonyl (C=O) groups is 1. The van der Waals surface area contributed by atoms with E-state index in [9.17, 15) is 4.79 Å². The number of rotatable bonds is 4. The van der Waals surface area contributed by atoms with Gasteiger partial charge in [-0.3, -0.25) is 9.69 Å². The van der Waals surface area contributed by atoms with Crippen LogP contribution in [0.4, 0.5) is 0 Å². The van der Waals surface area contributed by atoms with Gasteiger partial charge in [-0.25, -0.2) is 0 Å². The number of carbonyl (C=O) groups excluding carboxylic acids is 1. The largest absolute Gasteiger partial charge is 0.379 e. The normalized spacial score (nSPS) is 23.6. The SMILES string of the molecule is Cn1c(CN2CCOCC2)nnc1C1CCN(C(=O)C2CCC2)CC1. The Bertz CT molecular complexity index is 599. The van der Waals surface area contributed by atoms with Gasteiger partial charge in [-0.1, -0.05) is 6.42 Å². The van der Waals surface area contributed by atoms with E-state index in [4.69, 9.17) is 4.74 Å². The average molecular weight is 347 g/mol. The van der Waals surface area contributed by atoms with E-state index in [2.05, 4.69) is 31.6 Å². The third kappa shape index (κ3) is 3.58. The van der Waals surface area contributed by atoms with Crippen molar-refractivity contribution < 1.29 is 9.53 Å². The summed E-state index contributed by atoms with van der Waals surface area (Å²) in [6.07, 6.45) is 5.40. The van der Waals surface area contributed by atoms with E-state index in [0.29, 0.717) is 17.7 Å². The summed E-state index contributed by atoms with van der Waals surface area (Å²) in [5.74, 6) is 3.23. The molecule has 1 aliphatic carbocycles. The summed E-state index contributed by atoms with van der Waals surface area (Å²) in [4.78, 5) is 16.8. The smallest absolute Gasteiger partial charge is 0.225 e. The molecule has 3 aliphatic rings. The van der Waals surface area contributed by atoms with Crippen LogP contribution in [0.3, 0.4) is 0 Å². The van der Waals surface area contributed by atoms with Gasteiger partial charge in [0.05, 0.1) is 19.8 Å². The molecular formula is C18H29N5O2. The molecule has 7 heteroatoms. The monoisotopic (exact) mass is 347 g/mol. The van der Waals surface area contributed by atoms with Gasteiger partial charge in [0.25, 0.3) is 0 Å². The van der Waals surface area contributed by atoms with Crippen LogP contribution >= 0.6 is 0 Å². The fourth-order valence-electron chi connectivity index (χ4n) is 4.10. The van der Waals surface area contributed by atoms with Gasteiger partial charge < -0.3 is 14.2 Å². The van der Waals surface area contributed by atoms with Crippen LogP contribution in [0.25, 0.3) is 0 Å². The van der Waals surface area contributed by atoms with Crippen molar-refractivity contribution in [3.63, 3.8) is 0 Å². The van der Waals surface area contributed by atoms with Gasteiger partial charge in [0.15, 0.2) is 0 Å². The average Bonchev–Trinajstić information content (AvgIpc) is 2.95. The van der Waals surface area contributed by atoms with Gasteiger partial charge in [0.1, 0.15) is 11.6 Å². The van der Waals surface area contributed by atoms with Gasteiger partial charge in [-0.05, 0) is 25.7 Å². The Hall–Kier alpha value is -1.47.